The molecule has 0 amide bonds. The molecule has 3 aromatic rings. The van der Waals surface area contributed by atoms with E-state index < -0.39 is 0 Å². The van der Waals surface area contributed by atoms with Crippen molar-refractivity contribution >= 4 is 5.78 Å². The summed E-state index contributed by atoms with van der Waals surface area (Å²) >= 11 is 0. The Bertz CT molecular complexity index is 937. The second-order valence-electron chi connectivity index (χ2n) is 6.02. The summed E-state index contributed by atoms with van der Waals surface area (Å²) < 4.78 is 25.3. The third kappa shape index (κ3) is 2.80. The highest BCUT2D eigenvalue weighted by Crippen LogP contribution is 2.39. The van der Waals surface area contributed by atoms with Crippen LogP contribution in [0.3, 0.4) is 0 Å². The minimum absolute atomic E-state index is 0.0135. The monoisotopic (exact) mass is 338 g/mol. The molecule has 1 heterocycles. The van der Waals surface area contributed by atoms with Crippen LogP contribution >= 0.6 is 0 Å². The fraction of sp³-hybridized carbons (Fsp3) is 0.211. The van der Waals surface area contributed by atoms with Gasteiger partial charge in [0.1, 0.15) is 11.6 Å². The van der Waals surface area contributed by atoms with E-state index in [9.17, 15) is 9.18 Å². The van der Waals surface area contributed by atoms with Crippen LogP contribution in [0.25, 0.3) is 11.5 Å². The first-order valence-corrected chi connectivity index (χ1v) is 7.99. The van der Waals surface area contributed by atoms with E-state index in [0.29, 0.717) is 29.2 Å². The number of hydrogen-bond donors (Lipinski definition) is 0. The summed E-state index contributed by atoms with van der Waals surface area (Å²) in [5.74, 6) is 0.422. The number of carbonyl (C=O) groups excluding carboxylic acids is 1. The van der Waals surface area contributed by atoms with Crippen LogP contribution in [0.5, 0.6) is 5.75 Å². The van der Waals surface area contributed by atoms with Crippen molar-refractivity contribution in [2.24, 2.45) is 0 Å². The number of ether oxygens (including phenoxy) is 1. The molecule has 6 heteroatoms. The molecule has 1 aromatic heterocycles. The lowest BCUT2D eigenvalue weighted by Crippen LogP contribution is -2.03. The number of fused-ring (bicyclic) bond motifs is 1. The molecule has 0 fully saturated rings. The van der Waals surface area contributed by atoms with Gasteiger partial charge < -0.3 is 9.15 Å². The number of aromatic nitrogens is 2. The van der Waals surface area contributed by atoms with E-state index in [0.717, 1.165) is 5.56 Å². The maximum atomic E-state index is 14.0. The van der Waals surface area contributed by atoms with E-state index in [4.69, 9.17) is 9.15 Å². The molecule has 0 spiro atoms. The number of Topliss-reactive ketones (excluding diaryl/α,β-unsaturated/α-hetero) is 1. The van der Waals surface area contributed by atoms with E-state index in [1.54, 1.807) is 0 Å². The average Bonchev–Trinajstić information content (AvgIpc) is 3.21. The molecule has 0 saturated carbocycles. The van der Waals surface area contributed by atoms with Gasteiger partial charge in [-0.25, -0.2) is 4.39 Å². The Balaban J connectivity index is 1.55. The first-order valence-electron chi connectivity index (χ1n) is 7.99. The number of rotatable bonds is 4. The van der Waals surface area contributed by atoms with Crippen molar-refractivity contribution in [1.82, 2.24) is 10.2 Å². The largest absolute Gasteiger partial charge is 0.483 e. The Labute approximate surface area is 143 Å². The number of halogens is 1. The number of hydrogen-bond acceptors (Lipinski definition) is 5. The van der Waals surface area contributed by atoms with Crippen molar-refractivity contribution in [3.05, 3.63) is 65.3 Å². The zero-order chi connectivity index (χ0) is 17.4. The quantitative estimate of drug-likeness (QED) is 0.715. The minimum atomic E-state index is -0.371. The van der Waals surface area contributed by atoms with Crippen molar-refractivity contribution in [1.29, 1.82) is 0 Å². The van der Waals surface area contributed by atoms with Crippen LogP contribution < -0.4 is 4.74 Å². The van der Waals surface area contributed by atoms with Crippen LogP contribution in [-0.4, -0.2) is 16.0 Å². The van der Waals surface area contributed by atoms with Crippen molar-refractivity contribution in [2.75, 3.05) is 0 Å². The van der Waals surface area contributed by atoms with E-state index in [1.165, 1.54) is 12.1 Å². The highest BCUT2D eigenvalue weighted by atomic mass is 19.1. The fourth-order valence-electron chi connectivity index (χ4n) is 3.09. The van der Waals surface area contributed by atoms with Gasteiger partial charge in [-0.2, -0.15) is 0 Å². The summed E-state index contributed by atoms with van der Waals surface area (Å²) in [5.41, 5.74) is 1.57. The standard InChI is InChI=1S/C19H15FN2O3/c1-11-9-14(23)18-15(8-7-13(20)17(11)18)24-10-16-21-22-19(25-16)12-5-3-2-4-6-12/h2-8,11H,9-10H2,1H3. The second-order valence-corrected chi connectivity index (χ2v) is 6.02. The molecule has 25 heavy (non-hydrogen) atoms. The molecule has 2 aromatic carbocycles. The Morgan fingerprint density at radius 1 is 1.20 bits per heavy atom. The Kier molecular flexibility index (Phi) is 3.80. The lowest BCUT2D eigenvalue weighted by Gasteiger charge is -2.10. The van der Waals surface area contributed by atoms with Gasteiger partial charge in [-0.05, 0) is 30.2 Å². The summed E-state index contributed by atoms with van der Waals surface area (Å²) in [7, 11) is 0. The molecule has 1 unspecified atom stereocenters. The van der Waals surface area contributed by atoms with E-state index in [1.807, 2.05) is 37.3 Å². The maximum absolute atomic E-state index is 14.0. The van der Waals surface area contributed by atoms with Crippen LogP contribution in [0.1, 0.15) is 41.1 Å². The molecule has 1 atom stereocenters. The van der Waals surface area contributed by atoms with E-state index in [-0.39, 0.29) is 30.0 Å². The third-order valence-corrected chi connectivity index (χ3v) is 4.26. The topological polar surface area (TPSA) is 65.2 Å². The zero-order valence-electron chi connectivity index (χ0n) is 13.5. The normalized spacial score (nSPS) is 16.1. The molecule has 0 radical (unpaired) electrons. The Hall–Kier alpha value is -3.02. The predicted molar refractivity (Wildman–Crippen MR) is 87.8 cm³/mol. The Morgan fingerprint density at radius 2 is 2.00 bits per heavy atom. The molecule has 1 aliphatic carbocycles. The van der Waals surface area contributed by atoms with Crippen molar-refractivity contribution in [3.63, 3.8) is 0 Å². The van der Waals surface area contributed by atoms with Crippen LogP contribution in [0.15, 0.2) is 46.9 Å². The molecular formula is C19H15FN2O3. The first kappa shape index (κ1) is 15.5. The van der Waals surface area contributed by atoms with Gasteiger partial charge in [-0.1, -0.05) is 25.1 Å². The fourth-order valence-corrected chi connectivity index (χ4v) is 3.09. The van der Waals surface area contributed by atoms with Gasteiger partial charge in [-0.3, -0.25) is 4.79 Å². The summed E-state index contributed by atoms with van der Waals surface area (Å²) in [6.07, 6.45) is 0.297. The molecule has 0 aliphatic heterocycles. The molecule has 1 aliphatic rings. The summed E-state index contributed by atoms with van der Waals surface area (Å²) in [6, 6.07) is 12.2. The van der Waals surface area contributed by atoms with Crippen LogP contribution in [-0.2, 0) is 6.61 Å². The summed E-state index contributed by atoms with van der Waals surface area (Å²) in [6.45, 7) is 1.85. The number of benzene rings is 2. The predicted octanol–water partition coefficient (Wildman–Crippen LogP) is 4.14. The van der Waals surface area contributed by atoms with Crippen molar-refractivity contribution in [3.8, 4) is 17.2 Å². The third-order valence-electron chi connectivity index (χ3n) is 4.26. The summed E-state index contributed by atoms with van der Waals surface area (Å²) in [4.78, 5) is 12.2. The van der Waals surface area contributed by atoms with Gasteiger partial charge in [0.25, 0.3) is 5.89 Å². The van der Waals surface area contributed by atoms with Crippen molar-refractivity contribution < 1.29 is 18.3 Å². The highest BCUT2D eigenvalue weighted by molar-refractivity contribution is 6.03. The molecule has 4 rings (SSSR count). The second kappa shape index (κ2) is 6.12. The lowest BCUT2D eigenvalue weighted by molar-refractivity contribution is 0.0986. The average molecular weight is 338 g/mol. The zero-order valence-corrected chi connectivity index (χ0v) is 13.5. The Morgan fingerprint density at radius 3 is 2.80 bits per heavy atom. The number of carbonyl (C=O) groups is 1. The van der Waals surface area contributed by atoms with Crippen LogP contribution in [0, 0.1) is 5.82 Å². The van der Waals surface area contributed by atoms with Crippen molar-refractivity contribution in [2.45, 2.75) is 25.9 Å². The van der Waals surface area contributed by atoms with Gasteiger partial charge >= 0.3 is 0 Å². The molecule has 5 nitrogen and oxygen atoms in total. The first-order chi connectivity index (χ1) is 12.1. The van der Waals surface area contributed by atoms with Gasteiger partial charge in [0, 0.05) is 17.5 Å². The SMILES string of the molecule is CC1CC(=O)c2c(OCc3nnc(-c4ccccc4)o3)ccc(F)c21. The minimum Gasteiger partial charge on any atom is -0.483 e. The van der Waals surface area contributed by atoms with Gasteiger partial charge in [0.15, 0.2) is 12.4 Å². The van der Waals surface area contributed by atoms with Gasteiger partial charge in [0.05, 0.1) is 5.56 Å². The summed E-state index contributed by atoms with van der Waals surface area (Å²) in [5, 5.41) is 7.94. The smallest absolute Gasteiger partial charge is 0.254 e. The molecule has 126 valence electrons. The molecular weight excluding hydrogens is 323 g/mol. The number of nitrogens with zero attached hydrogens (tertiary/aromatic N) is 2. The van der Waals surface area contributed by atoms with E-state index >= 15 is 0 Å². The van der Waals surface area contributed by atoms with Gasteiger partial charge in [-0.15, -0.1) is 10.2 Å². The van der Waals surface area contributed by atoms with E-state index in [2.05, 4.69) is 10.2 Å². The molecule has 0 N–H and O–H groups in total. The molecule has 0 saturated heterocycles. The van der Waals surface area contributed by atoms with Crippen LogP contribution in [0.4, 0.5) is 4.39 Å². The lowest BCUT2D eigenvalue weighted by atomic mass is 10.0. The molecule has 0 bridgehead atoms. The van der Waals surface area contributed by atoms with Gasteiger partial charge in [0.2, 0.25) is 5.89 Å². The maximum Gasteiger partial charge on any atom is 0.254 e. The van der Waals surface area contributed by atoms with Crippen LogP contribution in [0.2, 0.25) is 0 Å². The number of ketones is 1. The highest BCUT2D eigenvalue weighted by Gasteiger charge is 2.32.